The molecule has 0 saturated heterocycles. The van der Waals surface area contributed by atoms with E-state index in [0.29, 0.717) is 5.92 Å². The van der Waals surface area contributed by atoms with Gasteiger partial charge in [-0.25, -0.2) is 0 Å². The molecule has 0 aromatic heterocycles. The molecule has 13 heavy (non-hydrogen) atoms. The van der Waals surface area contributed by atoms with Crippen LogP contribution in [0.4, 0.5) is 0 Å². The Labute approximate surface area is 78.4 Å². The van der Waals surface area contributed by atoms with Gasteiger partial charge in [0.25, 0.3) is 0 Å². The minimum absolute atomic E-state index is 0.0811. The highest BCUT2D eigenvalue weighted by Crippen LogP contribution is 2.36. The zero-order valence-electron chi connectivity index (χ0n) is 7.56. The molecule has 1 fully saturated rings. The number of nitrogens with two attached hydrogens (primary N) is 1. The van der Waals surface area contributed by atoms with Gasteiger partial charge in [-0.3, -0.25) is 0 Å². The highest BCUT2D eigenvalue weighted by molar-refractivity contribution is 5.19. The first-order valence-electron chi connectivity index (χ1n) is 4.77. The third-order valence-electron chi connectivity index (χ3n) is 2.67. The van der Waals surface area contributed by atoms with Crippen LogP contribution in [0.15, 0.2) is 30.3 Å². The first-order valence-corrected chi connectivity index (χ1v) is 4.77. The Bertz CT molecular complexity index is 269. The number of aliphatic hydroxyl groups excluding tert-OH is 1. The average molecular weight is 177 g/mol. The van der Waals surface area contributed by atoms with Gasteiger partial charge in [-0.05, 0) is 24.3 Å². The Morgan fingerprint density at radius 3 is 2.38 bits per heavy atom. The van der Waals surface area contributed by atoms with Crippen LogP contribution >= 0.6 is 0 Å². The number of hydrogen-bond acceptors (Lipinski definition) is 2. The molecule has 1 aromatic carbocycles. The summed E-state index contributed by atoms with van der Waals surface area (Å²) in [5.74, 6) is 0.537. The van der Waals surface area contributed by atoms with Crippen LogP contribution in [-0.2, 0) is 0 Å². The van der Waals surface area contributed by atoms with E-state index in [9.17, 15) is 5.11 Å². The van der Waals surface area contributed by atoms with E-state index < -0.39 is 6.10 Å². The van der Waals surface area contributed by atoms with E-state index in [1.54, 1.807) is 0 Å². The molecule has 0 amide bonds. The highest BCUT2D eigenvalue weighted by Gasteiger charge is 2.33. The van der Waals surface area contributed by atoms with Crippen LogP contribution in [0.5, 0.6) is 0 Å². The van der Waals surface area contributed by atoms with Gasteiger partial charge in [0.1, 0.15) is 0 Å². The Kier molecular flexibility index (Phi) is 2.34. The van der Waals surface area contributed by atoms with Crippen molar-refractivity contribution in [3.05, 3.63) is 35.9 Å². The lowest BCUT2D eigenvalue weighted by Crippen LogP contribution is -2.30. The number of rotatable bonds is 3. The Morgan fingerprint density at radius 2 is 1.85 bits per heavy atom. The fourth-order valence-corrected chi connectivity index (χ4v) is 1.61. The van der Waals surface area contributed by atoms with Gasteiger partial charge < -0.3 is 10.8 Å². The minimum Gasteiger partial charge on any atom is -0.387 e. The topological polar surface area (TPSA) is 46.2 Å². The van der Waals surface area contributed by atoms with Gasteiger partial charge in [-0.15, -0.1) is 0 Å². The van der Waals surface area contributed by atoms with Crippen LogP contribution in [0.1, 0.15) is 24.5 Å². The number of aliphatic hydroxyl groups is 1. The maximum atomic E-state index is 9.87. The molecule has 2 rings (SSSR count). The molecule has 2 nitrogen and oxygen atoms in total. The largest absolute Gasteiger partial charge is 0.387 e. The van der Waals surface area contributed by atoms with Crippen LogP contribution < -0.4 is 5.73 Å². The summed E-state index contributed by atoms with van der Waals surface area (Å²) < 4.78 is 0. The molecule has 0 aliphatic heterocycles. The van der Waals surface area contributed by atoms with Gasteiger partial charge in [0.05, 0.1) is 6.10 Å². The zero-order chi connectivity index (χ0) is 9.26. The lowest BCUT2D eigenvalue weighted by atomic mass is 10.00. The molecule has 0 radical (unpaired) electrons. The maximum Gasteiger partial charge on any atom is 0.0943 e. The summed E-state index contributed by atoms with van der Waals surface area (Å²) in [6.45, 7) is 0. The standard InChI is InChI=1S/C11H15NO/c12-10(8-6-7-8)11(13)9-4-2-1-3-5-9/h1-5,8,10-11,13H,6-7,12H2. The van der Waals surface area contributed by atoms with E-state index in [1.807, 2.05) is 30.3 Å². The van der Waals surface area contributed by atoms with Crippen molar-refractivity contribution >= 4 is 0 Å². The van der Waals surface area contributed by atoms with Crippen LogP contribution in [-0.4, -0.2) is 11.1 Å². The van der Waals surface area contributed by atoms with Crippen molar-refractivity contribution in [2.24, 2.45) is 11.7 Å². The van der Waals surface area contributed by atoms with E-state index in [4.69, 9.17) is 5.73 Å². The predicted molar refractivity (Wildman–Crippen MR) is 52.1 cm³/mol. The van der Waals surface area contributed by atoms with Crippen molar-refractivity contribution in [3.63, 3.8) is 0 Å². The van der Waals surface area contributed by atoms with E-state index in [-0.39, 0.29) is 6.04 Å². The second-order valence-corrected chi connectivity index (χ2v) is 3.77. The normalized spacial score (nSPS) is 21.1. The van der Waals surface area contributed by atoms with E-state index in [2.05, 4.69) is 0 Å². The fourth-order valence-electron chi connectivity index (χ4n) is 1.61. The van der Waals surface area contributed by atoms with Gasteiger partial charge in [0.15, 0.2) is 0 Å². The summed E-state index contributed by atoms with van der Waals surface area (Å²) in [4.78, 5) is 0. The minimum atomic E-state index is -0.492. The van der Waals surface area contributed by atoms with Gasteiger partial charge >= 0.3 is 0 Å². The summed E-state index contributed by atoms with van der Waals surface area (Å²) in [5.41, 5.74) is 6.84. The van der Waals surface area contributed by atoms with Gasteiger partial charge in [0, 0.05) is 6.04 Å². The number of benzene rings is 1. The van der Waals surface area contributed by atoms with Gasteiger partial charge in [-0.1, -0.05) is 30.3 Å². The summed E-state index contributed by atoms with van der Waals surface area (Å²) >= 11 is 0. The van der Waals surface area contributed by atoms with Crippen LogP contribution in [0, 0.1) is 5.92 Å². The molecule has 2 unspecified atom stereocenters. The number of hydrogen-bond donors (Lipinski definition) is 2. The molecule has 0 spiro atoms. The lowest BCUT2D eigenvalue weighted by molar-refractivity contribution is 0.137. The Hall–Kier alpha value is -0.860. The molecule has 1 aromatic rings. The molecular formula is C11H15NO. The molecule has 70 valence electrons. The second-order valence-electron chi connectivity index (χ2n) is 3.77. The summed E-state index contributed by atoms with van der Waals surface area (Å²) in [6, 6.07) is 9.57. The van der Waals surface area contributed by atoms with Crippen molar-refractivity contribution in [3.8, 4) is 0 Å². The fraction of sp³-hybridized carbons (Fsp3) is 0.455. The predicted octanol–water partition coefficient (Wildman–Crippen LogP) is 1.46. The zero-order valence-corrected chi connectivity index (χ0v) is 7.56. The third kappa shape index (κ3) is 1.90. The smallest absolute Gasteiger partial charge is 0.0943 e. The van der Waals surface area contributed by atoms with Crippen molar-refractivity contribution < 1.29 is 5.11 Å². The molecule has 1 aliphatic rings. The van der Waals surface area contributed by atoms with Crippen molar-refractivity contribution in [1.82, 2.24) is 0 Å². The summed E-state index contributed by atoms with van der Waals surface area (Å²) in [6.07, 6.45) is 1.85. The van der Waals surface area contributed by atoms with Gasteiger partial charge in [-0.2, -0.15) is 0 Å². The molecular weight excluding hydrogens is 162 g/mol. The summed E-state index contributed by atoms with van der Waals surface area (Å²) in [5, 5.41) is 9.87. The third-order valence-corrected chi connectivity index (χ3v) is 2.67. The SMILES string of the molecule is NC(C1CC1)C(O)c1ccccc1. The molecule has 2 atom stereocenters. The van der Waals surface area contributed by atoms with Crippen LogP contribution in [0.25, 0.3) is 0 Å². The molecule has 1 aliphatic carbocycles. The average Bonchev–Trinajstić information content (AvgIpc) is 3.00. The van der Waals surface area contributed by atoms with Crippen molar-refractivity contribution in [2.75, 3.05) is 0 Å². The monoisotopic (exact) mass is 177 g/mol. The first kappa shape index (κ1) is 8.73. The first-order chi connectivity index (χ1) is 6.29. The molecule has 1 saturated carbocycles. The second kappa shape index (κ2) is 3.48. The quantitative estimate of drug-likeness (QED) is 0.734. The van der Waals surface area contributed by atoms with Crippen LogP contribution in [0.2, 0.25) is 0 Å². The Balaban J connectivity index is 2.07. The van der Waals surface area contributed by atoms with E-state index in [1.165, 1.54) is 12.8 Å². The van der Waals surface area contributed by atoms with Crippen molar-refractivity contribution in [1.29, 1.82) is 0 Å². The molecule has 2 heteroatoms. The highest BCUT2D eigenvalue weighted by atomic mass is 16.3. The van der Waals surface area contributed by atoms with Crippen LogP contribution in [0.3, 0.4) is 0 Å². The molecule has 0 heterocycles. The Morgan fingerprint density at radius 1 is 1.23 bits per heavy atom. The van der Waals surface area contributed by atoms with Gasteiger partial charge in [0.2, 0.25) is 0 Å². The van der Waals surface area contributed by atoms with E-state index in [0.717, 1.165) is 5.56 Å². The molecule has 3 N–H and O–H groups in total. The maximum absolute atomic E-state index is 9.87. The molecule has 0 bridgehead atoms. The van der Waals surface area contributed by atoms with E-state index >= 15 is 0 Å². The lowest BCUT2D eigenvalue weighted by Gasteiger charge is -2.18. The summed E-state index contributed by atoms with van der Waals surface area (Å²) in [7, 11) is 0. The van der Waals surface area contributed by atoms with Crippen molar-refractivity contribution in [2.45, 2.75) is 25.0 Å².